The summed E-state index contributed by atoms with van der Waals surface area (Å²) >= 11 is 0. The average molecular weight is 858 g/mol. The lowest BCUT2D eigenvalue weighted by Gasteiger charge is -2.23. The van der Waals surface area contributed by atoms with Gasteiger partial charge in [0.1, 0.15) is 11.8 Å². The molecule has 0 saturated carbocycles. The second kappa shape index (κ2) is 40.2. The fourth-order valence-corrected chi connectivity index (χ4v) is 7.81. The minimum Gasteiger partial charge on any atom is -0.494 e. The van der Waals surface area contributed by atoms with E-state index in [4.69, 9.17) is 14.2 Å². The molecule has 1 atom stereocenters. The number of hydrogen-bond donors (Lipinski definition) is 1. The van der Waals surface area contributed by atoms with Gasteiger partial charge < -0.3 is 24.0 Å². The summed E-state index contributed by atoms with van der Waals surface area (Å²) in [7, 11) is 6.77. The van der Waals surface area contributed by atoms with Crippen molar-refractivity contribution in [2.75, 3.05) is 47.5 Å². The van der Waals surface area contributed by atoms with E-state index < -0.39 is 12.0 Å². The third-order valence-corrected chi connectivity index (χ3v) is 11.8. The standard InChI is InChI=1S/C53H96N2O6/c1-6-8-10-12-14-16-18-20-23-28-32-36-46-60-51(56)43-42-50(53(58)61-47-37-33-29-24-21-19-17-15-13-11-9-7-2)54-52(57)48-38-40-49(41-39-48)59-45-35-31-27-25-22-26-30-34-44-55(3,4)5/h38-41,50H,6-37,42-47H2,1-5H3/p+1. The van der Waals surface area contributed by atoms with Crippen LogP contribution in [0.15, 0.2) is 24.3 Å². The molecule has 1 rings (SSSR count). The van der Waals surface area contributed by atoms with E-state index in [0.717, 1.165) is 61.6 Å². The Bertz CT molecular complexity index is 1170. The summed E-state index contributed by atoms with van der Waals surface area (Å²) in [6.45, 7) is 7.12. The predicted octanol–water partition coefficient (Wildman–Crippen LogP) is 14.3. The molecular weight excluding hydrogens is 761 g/mol. The van der Waals surface area contributed by atoms with Crippen LogP contribution in [0.5, 0.6) is 5.75 Å². The lowest BCUT2D eigenvalue weighted by molar-refractivity contribution is -0.870. The first kappa shape index (κ1) is 56.4. The van der Waals surface area contributed by atoms with Gasteiger partial charge >= 0.3 is 11.9 Å². The number of carbonyl (C=O) groups excluding carboxylic acids is 3. The summed E-state index contributed by atoms with van der Waals surface area (Å²) in [6, 6.07) is 6.13. The van der Waals surface area contributed by atoms with Crippen molar-refractivity contribution < 1.29 is 33.1 Å². The minimum atomic E-state index is -0.928. The van der Waals surface area contributed by atoms with E-state index in [9.17, 15) is 14.4 Å². The zero-order chi connectivity index (χ0) is 44.5. The van der Waals surface area contributed by atoms with Crippen LogP contribution in [0.1, 0.15) is 243 Å². The van der Waals surface area contributed by atoms with Crippen LogP contribution in [0.4, 0.5) is 0 Å². The van der Waals surface area contributed by atoms with E-state index >= 15 is 0 Å². The molecule has 354 valence electrons. The van der Waals surface area contributed by atoms with Crippen molar-refractivity contribution in [1.29, 1.82) is 0 Å². The Balaban J connectivity index is 2.44. The number of quaternary nitrogens is 1. The highest BCUT2D eigenvalue weighted by Gasteiger charge is 2.24. The van der Waals surface area contributed by atoms with Gasteiger partial charge in [-0.05, 0) is 62.8 Å². The van der Waals surface area contributed by atoms with E-state index in [-0.39, 0.29) is 24.7 Å². The molecule has 0 aliphatic carbocycles. The highest BCUT2D eigenvalue weighted by molar-refractivity contribution is 5.97. The Morgan fingerprint density at radius 2 is 0.869 bits per heavy atom. The van der Waals surface area contributed by atoms with Crippen LogP contribution >= 0.6 is 0 Å². The number of amides is 1. The normalized spacial score (nSPS) is 12.0. The van der Waals surface area contributed by atoms with E-state index in [1.54, 1.807) is 24.3 Å². The summed E-state index contributed by atoms with van der Waals surface area (Å²) in [5, 5.41) is 2.85. The smallest absolute Gasteiger partial charge is 0.328 e. The Kier molecular flexibility index (Phi) is 37.2. The number of ether oxygens (including phenoxy) is 3. The number of nitrogens with one attached hydrogen (secondary N) is 1. The zero-order valence-corrected chi connectivity index (χ0v) is 40.7. The average Bonchev–Trinajstić information content (AvgIpc) is 3.24. The fraction of sp³-hybridized carbons (Fsp3) is 0.830. The first-order valence-electron chi connectivity index (χ1n) is 25.8. The van der Waals surface area contributed by atoms with Gasteiger partial charge in [0, 0.05) is 12.0 Å². The van der Waals surface area contributed by atoms with Crippen molar-refractivity contribution in [2.45, 2.75) is 238 Å². The Hall–Kier alpha value is -2.61. The van der Waals surface area contributed by atoms with E-state index in [2.05, 4.69) is 40.3 Å². The van der Waals surface area contributed by atoms with E-state index in [1.165, 1.54) is 161 Å². The van der Waals surface area contributed by atoms with Gasteiger partial charge in [-0.25, -0.2) is 4.79 Å². The van der Waals surface area contributed by atoms with Gasteiger partial charge in [-0.1, -0.05) is 187 Å². The van der Waals surface area contributed by atoms with Crippen molar-refractivity contribution in [1.82, 2.24) is 5.32 Å². The summed E-state index contributed by atoms with van der Waals surface area (Å²) < 4.78 is 18.2. The van der Waals surface area contributed by atoms with Gasteiger partial charge in [0.25, 0.3) is 5.91 Å². The van der Waals surface area contributed by atoms with Crippen molar-refractivity contribution in [3.8, 4) is 5.75 Å². The number of nitrogens with zero attached hydrogens (tertiary/aromatic N) is 1. The van der Waals surface area contributed by atoms with Crippen LogP contribution in [-0.4, -0.2) is 75.9 Å². The van der Waals surface area contributed by atoms with Crippen LogP contribution in [0.2, 0.25) is 0 Å². The molecule has 0 bridgehead atoms. The summed E-state index contributed by atoms with van der Waals surface area (Å²) in [5.41, 5.74) is 0.433. The van der Waals surface area contributed by atoms with Crippen molar-refractivity contribution in [2.24, 2.45) is 0 Å². The maximum absolute atomic E-state index is 13.3. The van der Waals surface area contributed by atoms with Gasteiger partial charge in [-0.2, -0.15) is 0 Å². The zero-order valence-electron chi connectivity index (χ0n) is 40.7. The molecule has 1 N–H and O–H groups in total. The van der Waals surface area contributed by atoms with E-state index in [1.807, 2.05) is 0 Å². The molecule has 8 nitrogen and oxygen atoms in total. The van der Waals surface area contributed by atoms with Crippen molar-refractivity contribution in [3.05, 3.63) is 29.8 Å². The lowest BCUT2D eigenvalue weighted by atomic mass is 10.1. The molecule has 0 aliphatic rings. The van der Waals surface area contributed by atoms with Crippen molar-refractivity contribution >= 4 is 17.8 Å². The molecule has 1 aromatic carbocycles. The quantitative estimate of drug-likeness (QED) is 0.0399. The maximum atomic E-state index is 13.3. The summed E-state index contributed by atoms with van der Waals surface area (Å²) in [6.07, 6.45) is 39.9. The third kappa shape index (κ3) is 36.6. The van der Waals surface area contributed by atoms with Gasteiger partial charge in [-0.15, -0.1) is 0 Å². The first-order valence-corrected chi connectivity index (χ1v) is 25.8. The fourth-order valence-electron chi connectivity index (χ4n) is 7.81. The molecule has 1 aromatic rings. The van der Waals surface area contributed by atoms with Crippen LogP contribution in [0.25, 0.3) is 0 Å². The predicted molar refractivity (Wildman–Crippen MR) is 256 cm³/mol. The molecule has 0 heterocycles. The lowest BCUT2D eigenvalue weighted by Crippen LogP contribution is -2.42. The molecule has 0 fully saturated rings. The third-order valence-electron chi connectivity index (χ3n) is 11.8. The van der Waals surface area contributed by atoms with Crippen LogP contribution in [-0.2, 0) is 19.1 Å². The van der Waals surface area contributed by atoms with Crippen LogP contribution in [0, 0.1) is 0 Å². The van der Waals surface area contributed by atoms with Crippen LogP contribution < -0.4 is 10.1 Å². The number of carbonyl (C=O) groups is 3. The molecule has 0 saturated heterocycles. The molecule has 0 aromatic heterocycles. The van der Waals surface area contributed by atoms with E-state index in [0.29, 0.717) is 25.4 Å². The monoisotopic (exact) mass is 858 g/mol. The maximum Gasteiger partial charge on any atom is 0.328 e. The molecule has 61 heavy (non-hydrogen) atoms. The SMILES string of the molecule is CCCCCCCCCCCCCCOC(=O)CCC(NC(=O)c1ccc(OCCCCCCCCCC[N+](C)(C)C)cc1)C(=O)OCCCCCCCCCCCCCC. The molecule has 0 spiro atoms. The number of rotatable bonds is 44. The topological polar surface area (TPSA) is 90.9 Å². The summed E-state index contributed by atoms with van der Waals surface area (Å²) in [4.78, 5) is 39.3. The Morgan fingerprint density at radius 3 is 1.30 bits per heavy atom. The molecule has 8 heteroatoms. The van der Waals surface area contributed by atoms with Gasteiger partial charge in [0.15, 0.2) is 0 Å². The molecule has 0 radical (unpaired) electrons. The van der Waals surface area contributed by atoms with Gasteiger partial charge in [0.05, 0.1) is 47.5 Å². The molecule has 1 unspecified atom stereocenters. The Labute approximate surface area is 376 Å². The van der Waals surface area contributed by atoms with Gasteiger partial charge in [-0.3, -0.25) is 9.59 Å². The molecule has 0 aliphatic heterocycles. The largest absolute Gasteiger partial charge is 0.494 e. The highest BCUT2D eigenvalue weighted by Crippen LogP contribution is 2.17. The molecular formula is C53H97N2O6+. The summed E-state index contributed by atoms with van der Waals surface area (Å²) in [5.74, 6) is -0.488. The Morgan fingerprint density at radius 1 is 0.492 bits per heavy atom. The van der Waals surface area contributed by atoms with Crippen molar-refractivity contribution in [3.63, 3.8) is 0 Å². The molecule has 1 amide bonds. The second-order valence-electron chi connectivity index (χ2n) is 18.9. The van der Waals surface area contributed by atoms with Crippen LogP contribution in [0.3, 0.4) is 0 Å². The van der Waals surface area contributed by atoms with Gasteiger partial charge in [0.2, 0.25) is 0 Å². The minimum absolute atomic E-state index is 0.0422. The highest BCUT2D eigenvalue weighted by atomic mass is 16.5. The number of hydrogen-bond acceptors (Lipinski definition) is 6. The number of benzene rings is 1. The first-order chi connectivity index (χ1) is 29.7. The second-order valence-corrected chi connectivity index (χ2v) is 18.9. The number of esters is 2. The number of unbranched alkanes of at least 4 members (excludes halogenated alkanes) is 29.